The van der Waals surface area contributed by atoms with Gasteiger partial charge in [0.1, 0.15) is 24.8 Å². The van der Waals surface area contributed by atoms with Crippen molar-refractivity contribution in [3.8, 4) is 22.6 Å². The minimum Gasteiger partial charge on any atom is -0.493 e. The Morgan fingerprint density at radius 2 is 1.62 bits per heavy atom. The molecule has 2 nitrogen and oxygen atoms in total. The number of hydrogen-bond acceptors (Lipinski definition) is 2. The summed E-state index contributed by atoms with van der Waals surface area (Å²) in [6, 6.07) is 15.3. The lowest BCUT2D eigenvalue weighted by Gasteiger charge is -2.28. The van der Waals surface area contributed by atoms with Crippen LogP contribution in [-0.4, -0.2) is 26.1 Å². The first-order valence-electron chi connectivity index (χ1n) is 10.8. The van der Waals surface area contributed by atoms with Gasteiger partial charge in [-0.15, -0.1) is 0 Å². The van der Waals surface area contributed by atoms with Gasteiger partial charge in [0.15, 0.2) is 6.17 Å². The highest BCUT2D eigenvalue weighted by Crippen LogP contribution is 2.33. The molecule has 158 valence electrons. The molecule has 1 unspecified atom stereocenters. The predicted octanol–water partition coefficient (Wildman–Crippen LogP) is 7.03. The fourth-order valence-corrected chi connectivity index (χ4v) is 4.10. The van der Waals surface area contributed by atoms with Crippen LogP contribution in [0.4, 0.5) is 8.78 Å². The van der Waals surface area contributed by atoms with Gasteiger partial charge in [0.25, 0.3) is 0 Å². The average Bonchev–Trinajstić information content (AvgIpc) is 2.78. The van der Waals surface area contributed by atoms with Gasteiger partial charge in [0.2, 0.25) is 0 Å². The third-order valence-electron chi connectivity index (χ3n) is 5.79. The molecule has 0 aliphatic heterocycles. The molecule has 1 saturated carbocycles. The second-order valence-electron chi connectivity index (χ2n) is 8.07. The van der Waals surface area contributed by atoms with E-state index in [1.807, 2.05) is 42.5 Å². The molecule has 4 heteroatoms. The second-order valence-corrected chi connectivity index (χ2v) is 8.07. The Morgan fingerprint density at radius 3 is 2.31 bits per heavy atom. The number of ether oxygens (including phenoxy) is 2. The molecule has 0 bridgehead atoms. The highest BCUT2D eigenvalue weighted by Gasteiger charge is 2.21. The smallest absolute Gasteiger partial charge is 0.162 e. The van der Waals surface area contributed by atoms with Crippen molar-refractivity contribution < 1.29 is 18.3 Å². The summed E-state index contributed by atoms with van der Waals surface area (Å²) in [5, 5.41) is 0. The summed E-state index contributed by atoms with van der Waals surface area (Å²) in [6.07, 6.45) is 6.25. The van der Waals surface area contributed by atoms with Crippen LogP contribution in [0.5, 0.6) is 11.5 Å². The van der Waals surface area contributed by atoms with Crippen LogP contribution < -0.4 is 9.47 Å². The summed E-state index contributed by atoms with van der Waals surface area (Å²) in [5.74, 6) is 2.99. The van der Waals surface area contributed by atoms with E-state index in [9.17, 15) is 8.78 Å². The summed E-state index contributed by atoms with van der Waals surface area (Å²) in [4.78, 5) is 0. The van der Waals surface area contributed by atoms with Gasteiger partial charge in [0, 0.05) is 5.56 Å². The first-order valence-corrected chi connectivity index (χ1v) is 10.8. The predicted molar refractivity (Wildman–Crippen MR) is 114 cm³/mol. The van der Waals surface area contributed by atoms with Crippen molar-refractivity contribution in [2.75, 3.05) is 19.9 Å². The molecule has 3 rings (SSSR count). The molecule has 29 heavy (non-hydrogen) atoms. The summed E-state index contributed by atoms with van der Waals surface area (Å²) in [5.41, 5.74) is 1.82. The van der Waals surface area contributed by atoms with Crippen LogP contribution in [0.2, 0.25) is 0 Å². The van der Waals surface area contributed by atoms with E-state index in [1.54, 1.807) is 6.07 Å². The zero-order chi connectivity index (χ0) is 20.5. The fraction of sp³-hybridized carbons (Fsp3) is 0.520. The van der Waals surface area contributed by atoms with Gasteiger partial charge in [-0.2, -0.15) is 0 Å². The maximum Gasteiger partial charge on any atom is 0.162 e. The van der Waals surface area contributed by atoms with Crippen LogP contribution in [0, 0.1) is 11.8 Å². The van der Waals surface area contributed by atoms with Crippen molar-refractivity contribution in [1.82, 2.24) is 0 Å². The molecular formula is C25H32F2O2. The maximum absolute atomic E-state index is 13.2. The zero-order valence-electron chi connectivity index (χ0n) is 17.3. The number of hydrogen-bond donors (Lipinski definition) is 0. The molecule has 0 saturated heterocycles. The lowest BCUT2D eigenvalue weighted by Crippen LogP contribution is -2.20. The van der Waals surface area contributed by atoms with Crippen LogP contribution in [0.1, 0.15) is 45.4 Å². The van der Waals surface area contributed by atoms with Crippen molar-refractivity contribution in [3.63, 3.8) is 0 Å². The molecule has 2 aromatic carbocycles. The third-order valence-corrected chi connectivity index (χ3v) is 5.79. The van der Waals surface area contributed by atoms with Crippen LogP contribution in [0.3, 0.4) is 0 Å². The number of halogens is 2. The largest absolute Gasteiger partial charge is 0.493 e. The lowest BCUT2D eigenvalue weighted by molar-refractivity contribution is 0.166. The highest BCUT2D eigenvalue weighted by atomic mass is 19.2. The van der Waals surface area contributed by atoms with Crippen molar-refractivity contribution in [1.29, 1.82) is 0 Å². The topological polar surface area (TPSA) is 18.5 Å². The van der Waals surface area contributed by atoms with Crippen molar-refractivity contribution in [2.24, 2.45) is 11.8 Å². The Hall–Kier alpha value is -2.10. The Bertz CT molecular complexity index is 724. The summed E-state index contributed by atoms with van der Waals surface area (Å²) in [6.45, 7) is 1.73. The van der Waals surface area contributed by atoms with Crippen LogP contribution in [0.25, 0.3) is 11.1 Å². The van der Waals surface area contributed by atoms with E-state index in [2.05, 4.69) is 6.92 Å². The number of rotatable bonds is 10. The molecule has 0 N–H and O–H groups in total. The number of alkyl halides is 2. The van der Waals surface area contributed by atoms with Gasteiger partial charge in [-0.1, -0.05) is 62.9 Å². The highest BCUT2D eigenvalue weighted by molar-refractivity contribution is 5.70. The summed E-state index contributed by atoms with van der Waals surface area (Å²) >= 11 is 0. The Labute approximate surface area is 173 Å². The van der Waals surface area contributed by atoms with Gasteiger partial charge < -0.3 is 9.47 Å². The third kappa shape index (κ3) is 6.45. The number of para-hydroxylation sites is 1. The van der Waals surface area contributed by atoms with Crippen molar-refractivity contribution in [2.45, 2.75) is 51.6 Å². The number of benzene rings is 2. The Balaban J connectivity index is 1.54. The quantitative estimate of drug-likeness (QED) is 0.425. The van der Waals surface area contributed by atoms with E-state index >= 15 is 0 Å². The minimum absolute atomic E-state index is 0.283. The molecular weight excluding hydrogens is 370 g/mol. The zero-order valence-corrected chi connectivity index (χ0v) is 17.3. The first-order chi connectivity index (χ1) is 14.2. The normalized spacial score (nSPS) is 20.2. The molecule has 0 aromatic heterocycles. The van der Waals surface area contributed by atoms with Crippen molar-refractivity contribution in [3.05, 3.63) is 48.5 Å². The fourth-order valence-electron chi connectivity index (χ4n) is 4.10. The van der Waals surface area contributed by atoms with E-state index in [0.29, 0.717) is 11.7 Å². The summed E-state index contributed by atoms with van der Waals surface area (Å²) < 4.78 is 37.0. The maximum atomic E-state index is 13.2. The van der Waals surface area contributed by atoms with Crippen LogP contribution in [-0.2, 0) is 0 Å². The van der Waals surface area contributed by atoms with E-state index in [4.69, 9.17) is 9.47 Å². The molecule has 0 amide bonds. The van der Waals surface area contributed by atoms with Gasteiger partial charge in [-0.3, -0.25) is 0 Å². The van der Waals surface area contributed by atoms with E-state index in [-0.39, 0.29) is 6.61 Å². The first kappa shape index (κ1) is 21.6. The summed E-state index contributed by atoms with van der Waals surface area (Å²) in [7, 11) is 0. The average molecular weight is 403 g/mol. The van der Waals surface area contributed by atoms with Gasteiger partial charge in [-0.05, 0) is 48.4 Å². The van der Waals surface area contributed by atoms with Gasteiger partial charge in [0.05, 0.1) is 6.61 Å². The van der Waals surface area contributed by atoms with Crippen molar-refractivity contribution >= 4 is 0 Å². The van der Waals surface area contributed by atoms with E-state index < -0.39 is 12.8 Å². The molecule has 0 heterocycles. The molecule has 0 spiro atoms. The Kier molecular flexibility index (Phi) is 8.33. The van der Waals surface area contributed by atoms with E-state index in [0.717, 1.165) is 29.4 Å². The monoisotopic (exact) mass is 402 g/mol. The lowest BCUT2D eigenvalue weighted by atomic mass is 9.80. The molecule has 2 aromatic rings. The Morgan fingerprint density at radius 1 is 0.931 bits per heavy atom. The molecule has 1 atom stereocenters. The minimum atomic E-state index is -1.60. The van der Waals surface area contributed by atoms with Gasteiger partial charge in [-0.25, -0.2) is 8.78 Å². The second kappa shape index (κ2) is 11.2. The molecule has 1 aliphatic carbocycles. The van der Waals surface area contributed by atoms with Crippen LogP contribution >= 0.6 is 0 Å². The standard InChI is InChI=1S/C25H32F2O2/c1-2-5-19-8-10-20(11-9-19)17-28-23-14-12-21(13-15-23)24-6-3-4-7-25(24)29-18-22(27)16-26/h3-4,6-7,12-15,19-20,22H,2,5,8-11,16-18H2,1H3/t19-,20-,22?. The molecule has 1 aliphatic rings. The molecule has 1 fully saturated rings. The van der Waals surface area contributed by atoms with E-state index in [1.165, 1.54) is 38.5 Å². The van der Waals surface area contributed by atoms with Gasteiger partial charge >= 0.3 is 0 Å². The van der Waals surface area contributed by atoms with Crippen LogP contribution in [0.15, 0.2) is 48.5 Å². The molecule has 0 radical (unpaired) electrons. The SMILES string of the molecule is CCC[C@H]1CC[C@H](COc2ccc(-c3ccccc3OCC(F)CF)cc2)CC1.